The van der Waals surface area contributed by atoms with E-state index in [-0.39, 0.29) is 17.9 Å². The first-order valence-electron chi connectivity index (χ1n) is 9.70. The number of aliphatic hydroxyl groups excluding tert-OH is 1. The van der Waals surface area contributed by atoms with Crippen molar-refractivity contribution in [1.29, 1.82) is 0 Å². The molecule has 3 rings (SSSR count). The van der Waals surface area contributed by atoms with Crippen molar-refractivity contribution in [3.05, 3.63) is 53.3 Å². The maximum atomic E-state index is 12.6. The average molecular weight is 369 g/mol. The van der Waals surface area contributed by atoms with Gasteiger partial charge in [-0.3, -0.25) is 0 Å². The number of ether oxygens (including phenoxy) is 1. The first-order chi connectivity index (χ1) is 13.1. The van der Waals surface area contributed by atoms with Crippen molar-refractivity contribution in [2.24, 2.45) is 5.16 Å². The average Bonchev–Trinajstić information content (AvgIpc) is 3.09. The molecule has 1 N–H and O–H groups in total. The van der Waals surface area contributed by atoms with Crippen LogP contribution in [-0.2, 0) is 14.4 Å². The van der Waals surface area contributed by atoms with Crippen LogP contribution < -0.4 is 0 Å². The second-order valence-corrected chi connectivity index (χ2v) is 7.17. The van der Waals surface area contributed by atoms with Gasteiger partial charge in [-0.25, -0.2) is 4.79 Å². The molecule has 1 fully saturated rings. The number of esters is 1. The minimum atomic E-state index is -0.513. The van der Waals surface area contributed by atoms with Crippen LogP contribution in [-0.4, -0.2) is 29.0 Å². The molecule has 1 saturated carbocycles. The number of carbonyl (C=O) groups is 1. The van der Waals surface area contributed by atoms with Gasteiger partial charge in [0.2, 0.25) is 0 Å². The number of oxime groups is 1. The third kappa shape index (κ3) is 4.79. The van der Waals surface area contributed by atoms with E-state index in [1.807, 2.05) is 49.4 Å². The van der Waals surface area contributed by atoms with Gasteiger partial charge < -0.3 is 14.7 Å². The third-order valence-corrected chi connectivity index (χ3v) is 5.04. The number of carbonyl (C=O) groups excluding carboxylic acids is 1. The van der Waals surface area contributed by atoms with Crippen LogP contribution in [0, 0.1) is 0 Å². The molecule has 2 aliphatic rings. The summed E-state index contributed by atoms with van der Waals surface area (Å²) in [7, 11) is 0. The highest BCUT2D eigenvalue weighted by molar-refractivity contribution is 6.20. The maximum absolute atomic E-state index is 12.6. The molecule has 0 bridgehead atoms. The Bertz CT molecular complexity index is 743. The Morgan fingerprint density at radius 3 is 2.70 bits per heavy atom. The fourth-order valence-electron chi connectivity index (χ4n) is 3.74. The molecule has 1 aliphatic carbocycles. The highest BCUT2D eigenvalue weighted by Crippen LogP contribution is 2.42. The predicted octanol–water partition coefficient (Wildman–Crippen LogP) is 4.94. The number of hydrogen-bond acceptors (Lipinski definition) is 5. The molecule has 1 heterocycles. The molecule has 144 valence electrons. The molecule has 1 aliphatic heterocycles. The maximum Gasteiger partial charge on any atom is 0.344 e. The zero-order chi connectivity index (χ0) is 19.1. The van der Waals surface area contributed by atoms with E-state index in [1.165, 1.54) is 0 Å². The fourth-order valence-corrected chi connectivity index (χ4v) is 3.74. The summed E-state index contributed by atoms with van der Waals surface area (Å²) >= 11 is 0. The summed E-state index contributed by atoms with van der Waals surface area (Å²) in [6, 6.07) is 9.91. The monoisotopic (exact) mass is 369 g/mol. The zero-order valence-electron chi connectivity index (χ0n) is 15.8. The van der Waals surface area contributed by atoms with Crippen molar-refractivity contribution < 1.29 is 19.5 Å². The van der Waals surface area contributed by atoms with Gasteiger partial charge >= 0.3 is 5.97 Å². The zero-order valence-corrected chi connectivity index (χ0v) is 15.8. The molecule has 0 unspecified atom stereocenters. The smallest absolute Gasteiger partial charge is 0.344 e. The minimum absolute atomic E-state index is 0.0868. The molecule has 1 aromatic rings. The van der Waals surface area contributed by atoms with Gasteiger partial charge in [-0.1, -0.05) is 54.9 Å². The lowest BCUT2D eigenvalue weighted by Crippen LogP contribution is -2.39. The van der Waals surface area contributed by atoms with Gasteiger partial charge in [-0.2, -0.15) is 0 Å². The van der Waals surface area contributed by atoms with Gasteiger partial charge in [0.25, 0.3) is 0 Å². The molecule has 1 spiro atoms. The van der Waals surface area contributed by atoms with Crippen LogP contribution in [0.15, 0.2) is 52.9 Å². The van der Waals surface area contributed by atoms with Gasteiger partial charge in [0.05, 0.1) is 5.71 Å². The van der Waals surface area contributed by atoms with E-state index < -0.39 is 11.6 Å². The topological polar surface area (TPSA) is 68.1 Å². The molecule has 0 radical (unpaired) electrons. The van der Waals surface area contributed by atoms with E-state index in [2.05, 4.69) is 5.16 Å². The van der Waals surface area contributed by atoms with Gasteiger partial charge in [0, 0.05) is 6.42 Å². The SMILES string of the molecule is CCC/C(=N\OC/C=C/c1ccccc1)C1=C(O)CC2(CCCC2)OC1=O. The summed E-state index contributed by atoms with van der Waals surface area (Å²) in [5, 5.41) is 14.7. The van der Waals surface area contributed by atoms with Crippen molar-refractivity contribution in [2.75, 3.05) is 6.61 Å². The molecule has 0 atom stereocenters. The molecule has 27 heavy (non-hydrogen) atoms. The first-order valence-corrected chi connectivity index (χ1v) is 9.70. The van der Waals surface area contributed by atoms with E-state index in [1.54, 1.807) is 0 Å². The Hall–Kier alpha value is -2.56. The van der Waals surface area contributed by atoms with E-state index >= 15 is 0 Å². The minimum Gasteiger partial charge on any atom is -0.511 e. The first kappa shape index (κ1) is 19.2. The van der Waals surface area contributed by atoms with Gasteiger partial charge in [0.15, 0.2) is 0 Å². The molecule has 0 saturated heterocycles. The Balaban J connectivity index is 1.67. The van der Waals surface area contributed by atoms with Crippen LogP contribution in [0.25, 0.3) is 6.08 Å². The highest BCUT2D eigenvalue weighted by atomic mass is 16.6. The highest BCUT2D eigenvalue weighted by Gasteiger charge is 2.44. The molecular weight excluding hydrogens is 342 g/mol. The van der Waals surface area contributed by atoms with Gasteiger partial charge in [-0.15, -0.1) is 0 Å². The van der Waals surface area contributed by atoms with Crippen LogP contribution in [0.5, 0.6) is 0 Å². The van der Waals surface area contributed by atoms with Crippen molar-refractivity contribution in [3.63, 3.8) is 0 Å². The summed E-state index contributed by atoms with van der Waals surface area (Å²) in [6.07, 6.45) is 9.22. The summed E-state index contributed by atoms with van der Waals surface area (Å²) in [5.74, 6) is -0.389. The molecule has 1 aromatic carbocycles. The molecule has 0 amide bonds. The van der Waals surface area contributed by atoms with Crippen LogP contribution >= 0.6 is 0 Å². The number of hydrogen-bond donors (Lipinski definition) is 1. The fraction of sp³-hybridized carbons (Fsp3) is 0.455. The van der Waals surface area contributed by atoms with E-state index in [0.717, 1.165) is 37.7 Å². The third-order valence-electron chi connectivity index (χ3n) is 5.04. The number of aliphatic hydroxyl groups is 1. The van der Waals surface area contributed by atoms with Crippen LogP contribution in [0.3, 0.4) is 0 Å². The lowest BCUT2D eigenvalue weighted by Gasteiger charge is -2.33. The van der Waals surface area contributed by atoms with Crippen molar-refractivity contribution >= 4 is 17.8 Å². The largest absolute Gasteiger partial charge is 0.511 e. The summed E-state index contributed by atoms with van der Waals surface area (Å²) in [6.45, 7) is 2.28. The van der Waals surface area contributed by atoms with Crippen LogP contribution in [0.1, 0.15) is 57.4 Å². The molecule has 5 nitrogen and oxygen atoms in total. The number of benzene rings is 1. The van der Waals surface area contributed by atoms with E-state index in [4.69, 9.17) is 9.57 Å². The normalized spacial score (nSPS) is 19.7. The van der Waals surface area contributed by atoms with Gasteiger partial charge in [0.1, 0.15) is 23.5 Å². The van der Waals surface area contributed by atoms with E-state index in [9.17, 15) is 9.90 Å². The van der Waals surface area contributed by atoms with Crippen LogP contribution in [0.4, 0.5) is 0 Å². The molecular formula is C22H27NO4. The number of rotatable bonds is 7. The Morgan fingerprint density at radius 1 is 1.30 bits per heavy atom. The molecule has 5 heteroatoms. The Morgan fingerprint density at radius 2 is 2.04 bits per heavy atom. The van der Waals surface area contributed by atoms with Crippen molar-refractivity contribution in [1.82, 2.24) is 0 Å². The van der Waals surface area contributed by atoms with Crippen molar-refractivity contribution in [3.8, 4) is 0 Å². The number of nitrogens with zero attached hydrogens (tertiary/aromatic N) is 1. The Labute approximate surface area is 160 Å². The lowest BCUT2D eigenvalue weighted by atomic mass is 9.90. The van der Waals surface area contributed by atoms with Crippen molar-refractivity contribution in [2.45, 2.75) is 57.5 Å². The standard InChI is InChI=1S/C22H27NO4/c1-2-9-18(23-26-15-8-12-17-10-4-3-5-11-17)20-19(24)16-22(27-21(20)25)13-6-7-14-22/h3-5,8,10-12,24H,2,6-7,9,13-16H2,1H3/b12-8+,23-18+. The van der Waals surface area contributed by atoms with Crippen LogP contribution in [0.2, 0.25) is 0 Å². The van der Waals surface area contributed by atoms with E-state index in [0.29, 0.717) is 18.6 Å². The summed E-state index contributed by atoms with van der Waals surface area (Å²) < 4.78 is 5.72. The predicted molar refractivity (Wildman–Crippen MR) is 105 cm³/mol. The second-order valence-electron chi connectivity index (χ2n) is 7.17. The second kappa shape index (κ2) is 8.89. The quantitative estimate of drug-likeness (QED) is 0.320. The lowest BCUT2D eigenvalue weighted by molar-refractivity contribution is -0.157. The molecule has 0 aromatic heterocycles. The Kier molecular flexibility index (Phi) is 6.32. The van der Waals surface area contributed by atoms with Gasteiger partial charge in [-0.05, 0) is 43.7 Å². The summed E-state index contributed by atoms with van der Waals surface area (Å²) in [5.41, 5.74) is 1.21. The summed E-state index contributed by atoms with van der Waals surface area (Å²) in [4.78, 5) is 18.0.